The molecule has 0 bridgehead atoms. The fraction of sp³-hybridized carbons (Fsp3) is 0.346. The van der Waals surface area contributed by atoms with Gasteiger partial charge in [-0.15, -0.1) is 0 Å². The summed E-state index contributed by atoms with van der Waals surface area (Å²) in [5, 5.41) is 2.28. The molecule has 0 aliphatic carbocycles. The Balaban J connectivity index is 1.74. The molecule has 0 spiro atoms. The molecule has 2 aliphatic rings. The van der Waals surface area contributed by atoms with Gasteiger partial charge < -0.3 is 4.90 Å². The van der Waals surface area contributed by atoms with E-state index in [1.807, 2.05) is 6.07 Å². The van der Waals surface area contributed by atoms with E-state index >= 15 is 0 Å². The topological polar surface area (TPSA) is 69.7 Å². The predicted octanol–water partition coefficient (Wildman–Crippen LogP) is 4.85. The summed E-state index contributed by atoms with van der Waals surface area (Å²) in [4.78, 5) is 41.4. The first-order chi connectivity index (χ1) is 15.1. The highest BCUT2D eigenvalue weighted by molar-refractivity contribution is 6.39. The van der Waals surface area contributed by atoms with Crippen molar-refractivity contribution in [3.8, 4) is 0 Å². The number of carbonyl (C=O) groups excluding carboxylic acids is 3. The zero-order valence-corrected chi connectivity index (χ0v) is 19.2. The van der Waals surface area contributed by atoms with Crippen LogP contribution >= 0.6 is 0 Å². The van der Waals surface area contributed by atoms with Crippen molar-refractivity contribution < 1.29 is 14.4 Å². The Labute approximate surface area is 188 Å². The summed E-state index contributed by atoms with van der Waals surface area (Å²) in [5.41, 5.74) is 3.55. The summed E-state index contributed by atoms with van der Waals surface area (Å²) in [6.45, 7) is 11.1. The summed E-state index contributed by atoms with van der Waals surface area (Å²) in [7, 11) is 0. The number of imide groups is 2. The molecule has 4 amide bonds. The molecule has 1 saturated heterocycles. The number of amides is 4. The van der Waals surface area contributed by atoms with Crippen molar-refractivity contribution in [2.45, 2.75) is 58.5 Å². The molecule has 0 radical (unpaired) electrons. The van der Waals surface area contributed by atoms with Crippen LogP contribution in [0.4, 0.5) is 16.2 Å². The lowest BCUT2D eigenvalue weighted by atomic mass is 9.78. The Morgan fingerprint density at radius 1 is 1.06 bits per heavy atom. The van der Waals surface area contributed by atoms with Crippen LogP contribution in [0.2, 0.25) is 0 Å². The molecule has 6 heteroatoms. The number of urea groups is 1. The van der Waals surface area contributed by atoms with Gasteiger partial charge in [0.25, 0.3) is 11.8 Å². The molecule has 166 valence electrons. The Morgan fingerprint density at radius 2 is 1.75 bits per heavy atom. The van der Waals surface area contributed by atoms with Crippen LogP contribution in [-0.2, 0) is 9.59 Å². The van der Waals surface area contributed by atoms with Crippen LogP contribution in [0.5, 0.6) is 0 Å². The fourth-order valence-electron chi connectivity index (χ4n) is 5.17. The molecule has 2 aromatic rings. The highest BCUT2D eigenvalue weighted by atomic mass is 16.2. The first-order valence-corrected chi connectivity index (χ1v) is 11.0. The summed E-state index contributed by atoms with van der Waals surface area (Å²) in [6.07, 6.45) is 2.58. The molecule has 2 heterocycles. The van der Waals surface area contributed by atoms with Gasteiger partial charge in [0.2, 0.25) is 0 Å². The smallest absolute Gasteiger partial charge is 0.335 e. The number of barbiturate groups is 1. The molecular weight excluding hydrogens is 402 g/mol. The van der Waals surface area contributed by atoms with E-state index in [1.54, 1.807) is 36.4 Å². The van der Waals surface area contributed by atoms with E-state index in [4.69, 9.17) is 0 Å². The Kier molecular flexibility index (Phi) is 5.41. The molecule has 2 aliphatic heterocycles. The second-order valence-corrected chi connectivity index (χ2v) is 9.49. The Hall–Kier alpha value is -3.41. The van der Waals surface area contributed by atoms with Gasteiger partial charge in [0, 0.05) is 17.3 Å². The third-order valence-corrected chi connectivity index (χ3v) is 6.24. The molecule has 1 atom stereocenters. The minimum Gasteiger partial charge on any atom is -0.364 e. The lowest BCUT2D eigenvalue weighted by molar-refractivity contribution is -0.122. The van der Waals surface area contributed by atoms with Crippen molar-refractivity contribution in [2.75, 3.05) is 9.80 Å². The molecular formula is C26H29N3O3. The van der Waals surface area contributed by atoms with E-state index in [0.717, 1.165) is 16.9 Å². The lowest BCUT2D eigenvalue weighted by Gasteiger charge is -2.50. The Morgan fingerprint density at radius 3 is 2.41 bits per heavy atom. The van der Waals surface area contributed by atoms with Gasteiger partial charge in [0.15, 0.2) is 0 Å². The largest absolute Gasteiger partial charge is 0.364 e. The van der Waals surface area contributed by atoms with E-state index in [0.29, 0.717) is 17.6 Å². The van der Waals surface area contributed by atoms with Gasteiger partial charge in [-0.3, -0.25) is 14.9 Å². The van der Waals surface area contributed by atoms with Gasteiger partial charge in [0.05, 0.1) is 5.69 Å². The normalized spacial score (nSPS) is 21.8. The number of rotatable bonds is 3. The standard InChI is InChI=1S/C26H29N3O3/c1-16(2)29-22-12-11-18(13-20(22)17(3)15-26(29,4)5)14-21-23(30)27-25(32)28(24(21)31)19-9-7-6-8-10-19/h6-14,16-17H,15H2,1-5H3,(H,27,30,32)/b21-14+. The maximum atomic E-state index is 13.1. The van der Waals surface area contributed by atoms with E-state index in [2.05, 4.69) is 57.0 Å². The second kappa shape index (κ2) is 7.93. The zero-order valence-electron chi connectivity index (χ0n) is 19.2. The van der Waals surface area contributed by atoms with E-state index in [-0.39, 0.29) is 11.1 Å². The van der Waals surface area contributed by atoms with Crippen molar-refractivity contribution in [3.63, 3.8) is 0 Å². The third-order valence-electron chi connectivity index (χ3n) is 6.24. The van der Waals surface area contributed by atoms with Crippen LogP contribution < -0.4 is 15.1 Å². The molecule has 1 N–H and O–H groups in total. The number of hydrogen-bond acceptors (Lipinski definition) is 4. The third kappa shape index (κ3) is 3.70. The molecule has 1 unspecified atom stereocenters. The average molecular weight is 432 g/mol. The second-order valence-electron chi connectivity index (χ2n) is 9.49. The van der Waals surface area contributed by atoms with E-state index in [1.165, 1.54) is 11.3 Å². The van der Waals surface area contributed by atoms with Crippen LogP contribution in [0, 0.1) is 0 Å². The SMILES string of the molecule is CC1CC(C)(C)N(C(C)C)c2ccc(/C=C3\C(=O)NC(=O)N(c4ccccc4)C3=O)cc21. The highest BCUT2D eigenvalue weighted by Crippen LogP contribution is 2.44. The van der Waals surface area contributed by atoms with Crippen molar-refractivity contribution in [1.29, 1.82) is 0 Å². The predicted molar refractivity (Wildman–Crippen MR) is 127 cm³/mol. The average Bonchev–Trinajstić information content (AvgIpc) is 2.71. The minimum atomic E-state index is -0.739. The Bertz CT molecular complexity index is 1120. The summed E-state index contributed by atoms with van der Waals surface area (Å²) in [5.74, 6) is -0.963. The van der Waals surface area contributed by atoms with Gasteiger partial charge >= 0.3 is 6.03 Å². The number of para-hydroxylation sites is 1. The van der Waals surface area contributed by atoms with Gasteiger partial charge in [-0.2, -0.15) is 0 Å². The number of anilines is 2. The number of carbonyl (C=O) groups is 3. The monoisotopic (exact) mass is 431 g/mol. The molecule has 32 heavy (non-hydrogen) atoms. The van der Waals surface area contributed by atoms with E-state index in [9.17, 15) is 14.4 Å². The number of benzene rings is 2. The number of hydrogen-bond donors (Lipinski definition) is 1. The van der Waals surface area contributed by atoms with Gasteiger partial charge in [-0.1, -0.05) is 31.2 Å². The molecule has 0 saturated carbocycles. The van der Waals surface area contributed by atoms with Crippen molar-refractivity contribution in [3.05, 3.63) is 65.2 Å². The summed E-state index contributed by atoms with van der Waals surface area (Å²) >= 11 is 0. The van der Waals surface area contributed by atoms with Crippen molar-refractivity contribution in [2.24, 2.45) is 0 Å². The van der Waals surface area contributed by atoms with Crippen LogP contribution in [0.15, 0.2) is 54.1 Å². The number of nitrogens with one attached hydrogen (secondary N) is 1. The molecule has 0 aromatic heterocycles. The van der Waals surface area contributed by atoms with Gasteiger partial charge in [-0.05, 0) is 81.5 Å². The van der Waals surface area contributed by atoms with Crippen LogP contribution in [0.1, 0.15) is 58.1 Å². The van der Waals surface area contributed by atoms with Crippen LogP contribution in [-0.4, -0.2) is 29.4 Å². The number of fused-ring (bicyclic) bond motifs is 1. The van der Waals surface area contributed by atoms with Crippen LogP contribution in [0.3, 0.4) is 0 Å². The first kappa shape index (κ1) is 21.8. The maximum absolute atomic E-state index is 13.1. The quantitative estimate of drug-likeness (QED) is 0.557. The summed E-state index contributed by atoms with van der Waals surface area (Å²) < 4.78 is 0. The maximum Gasteiger partial charge on any atom is 0.335 e. The van der Waals surface area contributed by atoms with Gasteiger partial charge in [-0.25, -0.2) is 9.69 Å². The molecule has 2 aromatic carbocycles. The minimum absolute atomic E-state index is 0.0380. The lowest BCUT2D eigenvalue weighted by Crippen LogP contribution is -2.54. The van der Waals surface area contributed by atoms with Gasteiger partial charge in [0.1, 0.15) is 5.57 Å². The highest BCUT2D eigenvalue weighted by Gasteiger charge is 2.39. The van der Waals surface area contributed by atoms with Crippen LogP contribution in [0.25, 0.3) is 6.08 Å². The van der Waals surface area contributed by atoms with Crippen molar-refractivity contribution >= 4 is 35.3 Å². The number of nitrogens with zero attached hydrogens (tertiary/aromatic N) is 2. The summed E-state index contributed by atoms with van der Waals surface area (Å²) in [6, 6.07) is 14.3. The molecule has 6 nitrogen and oxygen atoms in total. The van der Waals surface area contributed by atoms with Crippen molar-refractivity contribution in [1.82, 2.24) is 5.32 Å². The molecule has 4 rings (SSSR count). The van der Waals surface area contributed by atoms with E-state index < -0.39 is 17.8 Å². The zero-order chi connectivity index (χ0) is 23.2. The molecule has 1 fully saturated rings. The first-order valence-electron chi connectivity index (χ1n) is 11.0. The fourth-order valence-corrected chi connectivity index (χ4v) is 5.17.